The lowest BCUT2D eigenvalue weighted by Crippen LogP contribution is -2.30. The van der Waals surface area contributed by atoms with E-state index in [1.807, 2.05) is 50.5 Å². The summed E-state index contributed by atoms with van der Waals surface area (Å²) >= 11 is 0. The first-order valence-corrected chi connectivity index (χ1v) is 7.36. The summed E-state index contributed by atoms with van der Waals surface area (Å²) in [5.74, 6) is 0. The van der Waals surface area contributed by atoms with Crippen LogP contribution in [0.1, 0.15) is 11.1 Å². The zero-order chi connectivity index (χ0) is 16.0. The Hall–Kier alpha value is -3.19. The molecule has 4 aromatic rings. The lowest BCUT2D eigenvalue weighted by atomic mass is 9.96. The second kappa shape index (κ2) is 4.92. The molecule has 0 unspecified atom stereocenters. The van der Waals surface area contributed by atoms with Gasteiger partial charge in [-0.2, -0.15) is 5.26 Å². The second-order valence-electron chi connectivity index (χ2n) is 5.59. The maximum absolute atomic E-state index is 9.47. The van der Waals surface area contributed by atoms with Gasteiger partial charge < -0.3 is 4.42 Å². The van der Waals surface area contributed by atoms with Crippen LogP contribution in [0.2, 0.25) is 0 Å². The Morgan fingerprint density at radius 1 is 1.22 bits per heavy atom. The number of fused-ring (bicyclic) bond motifs is 3. The number of nitriles is 1. The predicted molar refractivity (Wildman–Crippen MR) is 87.6 cm³/mol. The summed E-state index contributed by atoms with van der Waals surface area (Å²) in [5.41, 5.74) is 4.90. The molecule has 0 aliphatic carbocycles. The van der Waals surface area contributed by atoms with Gasteiger partial charge in [0, 0.05) is 29.1 Å². The van der Waals surface area contributed by atoms with Crippen LogP contribution in [0.5, 0.6) is 0 Å². The van der Waals surface area contributed by atoms with E-state index in [4.69, 9.17) is 4.42 Å². The Bertz CT molecular complexity index is 1100. The number of nitrogens with zero attached hydrogens (tertiary/aromatic N) is 3. The van der Waals surface area contributed by atoms with Crippen LogP contribution in [-0.2, 0) is 7.05 Å². The van der Waals surface area contributed by atoms with Crippen molar-refractivity contribution in [2.45, 2.75) is 6.92 Å². The van der Waals surface area contributed by atoms with E-state index >= 15 is 0 Å². The third-order valence-electron chi connectivity index (χ3n) is 4.15. The molecule has 0 radical (unpaired) electrons. The minimum absolute atomic E-state index is 0.540. The molecular formula is C19H14N3O+. The lowest BCUT2D eigenvalue weighted by molar-refractivity contribution is -0.660. The molecule has 4 nitrogen and oxygen atoms in total. The average molecular weight is 300 g/mol. The fourth-order valence-electron chi connectivity index (χ4n) is 3.12. The SMILES string of the molecule is Cc1cc(C#N)c2oc3ncccc3c2c1-c1cccc[n+]1C. The number of furan rings is 1. The molecule has 3 heterocycles. The van der Waals surface area contributed by atoms with Crippen molar-refractivity contribution < 1.29 is 8.98 Å². The van der Waals surface area contributed by atoms with Crippen molar-refractivity contribution in [1.82, 2.24) is 4.98 Å². The molecule has 0 fully saturated rings. The maximum atomic E-state index is 9.47. The van der Waals surface area contributed by atoms with E-state index in [1.165, 1.54) is 0 Å². The fourth-order valence-corrected chi connectivity index (χ4v) is 3.12. The minimum atomic E-state index is 0.540. The second-order valence-corrected chi connectivity index (χ2v) is 5.59. The van der Waals surface area contributed by atoms with Crippen LogP contribution in [0.4, 0.5) is 0 Å². The molecule has 3 aromatic heterocycles. The van der Waals surface area contributed by atoms with Crippen LogP contribution in [-0.4, -0.2) is 4.98 Å². The van der Waals surface area contributed by atoms with Crippen molar-refractivity contribution in [1.29, 1.82) is 5.26 Å². The van der Waals surface area contributed by atoms with Gasteiger partial charge in [-0.3, -0.25) is 0 Å². The van der Waals surface area contributed by atoms with E-state index in [0.29, 0.717) is 16.9 Å². The molecular weight excluding hydrogens is 286 g/mol. The van der Waals surface area contributed by atoms with Crippen molar-refractivity contribution in [3.8, 4) is 17.3 Å². The van der Waals surface area contributed by atoms with Crippen molar-refractivity contribution in [2.24, 2.45) is 7.05 Å². The Kier molecular flexibility index (Phi) is 2.88. The first-order valence-electron chi connectivity index (χ1n) is 7.36. The first kappa shape index (κ1) is 13.5. The Morgan fingerprint density at radius 2 is 2.09 bits per heavy atom. The Balaban J connectivity index is 2.27. The summed E-state index contributed by atoms with van der Waals surface area (Å²) in [6, 6.07) is 14.1. The third-order valence-corrected chi connectivity index (χ3v) is 4.15. The molecule has 0 atom stereocenters. The number of pyridine rings is 2. The number of rotatable bonds is 1. The van der Waals surface area contributed by atoms with Crippen LogP contribution in [0.15, 0.2) is 53.2 Å². The van der Waals surface area contributed by atoms with E-state index in [1.54, 1.807) is 6.20 Å². The molecule has 0 bridgehead atoms. The molecule has 0 aliphatic rings. The molecule has 0 spiro atoms. The van der Waals surface area contributed by atoms with Gasteiger partial charge in [0.2, 0.25) is 11.4 Å². The van der Waals surface area contributed by atoms with Gasteiger partial charge in [-0.05, 0) is 36.8 Å². The van der Waals surface area contributed by atoms with E-state index in [0.717, 1.165) is 27.6 Å². The van der Waals surface area contributed by atoms with Gasteiger partial charge >= 0.3 is 0 Å². The highest BCUT2D eigenvalue weighted by Crippen LogP contribution is 2.38. The zero-order valence-electron chi connectivity index (χ0n) is 12.9. The van der Waals surface area contributed by atoms with Gasteiger partial charge in [0.25, 0.3) is 0 Å². The smallest absolute Gasteiger partial charge is 0.227 e. The zero-order valence-corrected chi connectivity index (χ0v) is 12.9. The molecule has 0 aliphatic heterocycles. The monoisotopic (exact) mass is 300 g/mol. The van der Waals surface area contributed by atoms with Crippen molar-refractivity contribution >= 4 is 22.1 Å². The van der Waals surface area contributed by atoms with Crippen molar-refractivity contribution in [3.05, 3.63) is 59.9 Å². The number of hydrogen-bond donors (Lipinski definition) is 0. The molecule has 23 heavy (non-hydrogen) atoms. The number of hydrogen-bond acceptors (Lipinski definition) is 3. The molecule has 1 aromatic carbocycles. The molecule has 0 saturated carbocycles. The lowest BCUT2D eigenvalue weighted by Gasteiger charge is -2.07. The van der Waals surface area contributed by atoms with Gasteiger partial charge in [-0.15, -0.1) is 0 Å². The van der Waals surface area contributed by atoms with Crippen LogP contribution < -0.4 is 4.57 Å². The van der Waals surface area contributed by atoms with E-state index in [-0.39, 0.29) is 0 Å². The quantitative estimate of drug-likeness (QED) is 0.504. The van der Waals surface area contributed by atoms with E-state index in [2.05, 4.69) is 21.7 Å². The molecule has 0 amide bonds. The van der Waals surface area contributed by atoms with Gasteiger partial charge in [-0.1, -0.05) is 0 Å². The van der Waals surface area contributed by atoms with Crippen molar-refractivity contribution in [2.75, 3.05) is 0 Å². The summed E-state index contributed by atoms with van der Waals surface area (Å²) in [4.78, 5) is 4.30. The highest BCUT2D eigenvalue weighted by atomic mass is 16.3. The van der Waals surface area contributed by atoms with Crippen molar-refractivity contribution in [3.63, 3.8) is 0 Å². The standard InChI is InChI=1S/C19H14N3O/c1-12-10-13(11-20)18-17(14-6-5-8-21-19(14)23-18)16(12)15-7-3-4-9-22(15)2/h3-10H,1-2H3/q+1. The van der Waals surface area contributed by atoms with Gasteiger partial charge in [0.15, 0.2) is 11.8 Å². The minimum Gasteiger partial charge on any atom is -0.436 e. The number of aryl methyl sites for hydroxylation is 2. The van der Waals surface area contributed by atoms with Gasteiger partial charge in [0.05, 0.1) is 11.1 Å². The van der Waals surface area contributed by atoms with Gasteiger partial charge in [0.1, 0.15) is 13.1 Å². The van der Waals surface area contributed by atoms with E-state index < -0.39 is 0 Å². The highest BCUT2D eigenvalue weighted by Gasteiger charge is 2.22. The topological polar surface area (TPSA) is 53.7 Å². The molecule has 4 rings (SSSR count). The van der Waals surface area contributed by atoms with E-state index in [9.17, 15) is 5.26 Å². The molecule has 0 N–H and O–H groups in total. The Labute approximate surface area is 133 Å². The summed E-state index contributed by atoms with van der Waals surface area (Å²) < 4.78 is 7.96. The predicted octanol–water partition coefficient (Wildman–Crippen LogP) is 3.65. The number of aromatic nitrogens is 2. The fraction of sp³-hybridized carbons (Fsp3) is 0.105. The molecule has 4 heteroatoms. The molecule has 0 saturated heterocycles. The Morgan fingerprint density at radius 3 is 2.87 bits per heavy atom. The van der Waals surface area contributed by atoms with Crippen LogP contribution >= 0.6 is 0 Å². The highest BCUT2D eigenvalue weighted by molar-refractivity contribution is 6.13. The van der Waals surface area contributed by atoms with Crippen LogP contribution in [0.3, 0.4) is 0 Å². The van der Waals surface area contributed by atoms with Gasteiger partial charge in [-0.25, -0.2) is 9.55 Å². The van der Waals surface area contributed by atoms with Crippen LogP contribution in [0, 0.1) is 18.3 Å². The summed E-state index contributed by atoms with van der Waals surface area (Å²) in [5, 5.41) is 11.3. The summed E-state index contributed by atoms with van der Waals surface area (Å²) in [6.07, 6.45) is 3.71. The normalized spacial score (nSPS) is 11.0. The third kappa shape index (κ3) is 1.91. The maximum Gasteiger partial charge on any atom is 0.227 e. The van der Waals surface area contributed by atoms with Crippen LogP contribution in [0.25, 0.3) is 33.3 Å². The summed E-state index contributed by atoms with van der Waals surface area (Å²) in [6.45, 7) is 2.03. The largest absolute Gasteiger partial charge is 0.436 e. The number of benzene rings is 1. The average Bonchev–Trinajstić information content (AvgIpc) is 2.95. The summed E-state index contributed by atoms with van der Waals surface area (Å²) in [7, 11) is 2.01. The molecule has 110 valence electrons. The first-order chi connectivity index (χ1) is 11.2.